The SMILES string of the molecule is CN=NC(C)c1c2cc(Cc3ccc(F)cc3)cnc2c(O)c2c(O)n(C)cc12. The zero-order valence-electron chi connectivity index (χ0n) is 16.4. The van der Waals surface area contributed by atoms with Crippen molar-refractivity contribution in [1.29, 1.82) is 0 Å². The number of hydrogen-bond acceptors (Lipinski definition) is 5. The highest BCUT2D eigenvalue weighted by molar-refractivity contribution is 6.09. The van der Waals surface area contributed by atoms with Crippen LogP contribution in [0.25, 0.3) is 21.7 Å². The van der Waals surface area contributed by atoms with Crippen molar-refractivity contribution in [3.63, 3.8) is 0 Å². The van der Waals surface area contributed by atoms with E-state index < -0.39 is 0 Å². The number of azo groups is 1. The smallest absolute Gasteiger partial charge is 0.202 e. The third-order valence-electron chi connectivity index (χ3n) is 5.16. The lowest BCUT2D eigenvalue weighted by Crippen LogP contribution is -1.97. The quantitative estimate of drug-likeness (QED) is 0.479. The van der Waals surface area contributed by atoms with Crippen LogP contribution in [0.3, 0.4) is 0 Å². The second-order valence-corrected chi connectivity index (χ2v) is 7.15. The molecule has 0 spiro atoms. The van der Waals surface area contributed by atoms with Gasteiger partial charge < -0.3 is 14.8 Å². The third-order valence-corrected chi connectivity index (χ3v) is 5.16. The van der Waals surface area contributed by atoms with Crippen molar-refractivity contribution >= 4 is 21.7 Å². The van der Waals surface area contributed by atoms with E-state index in [0.717, 1.165) is 22.1 Å². The van der Waals surface area contributed by atoms with Crippen molar-refractivity contribution in [2.45, 2.75) is 19.4 Å². The molecule has 0 radical (unpaired) electrons. The van der Waals surface area contributed by atoms with Gasteiger partial charge in [0, 0.05) is 37.3 Å². The molecule has 1 atom stereocenters. The van der Waals surface area contributed by atoms with E-state index in [1.54, 1.807) is 43.2 Å². The van der Waals surface area contributed by atoms with Crippen molar-refractivity contribution in [2.75, 3.05) is 7.05 Å². The fourth-order valence-corrected chi connectivity index (χ4v) is 3.84. The van der Waals surface area contributed by atoms with Gasteiger partial charge in [0.2, 0.25) is 5.88 Å². The Morgan fingerprint density at radius 3 is 2.55 bits per heavy atom. The van der Waals surface area contributed by atoms with E-state index in [4.69, 9.17) is 0 Å². The molecular weight excluding hydrogens is 371 g/mol. The summed E-state index contributed by atoms with van der Waals surface area (Å²) < 4.78 is 14.8. The number of pyridine rings is 1. The van der Waals surface area contributed by atoms with Gasteiger partial charge in [0.1, 0.15) is 11.3 Å². The Morgan fingerprint density at radius 1 is 1.14 bits per heavy atom. The molecule has 0 amide bonds. The van der Waals surface area contributed by atoms with E-state index in [-0.39, 0.29) is 23.5 Å². The number of aromatic hydroxyl groups is 2. The summed E-state index contributed by atoms with van der Waals surface area (Å²) in [4.78, 5) is 4.48. The van der Waals surface area contributed by atoms with Gasteiger partial charge in [-0.25, -0.2) is 4.39 Å². The van der Waals surface area contributed by atoms with Gasteiger partial charge in [-0.05, 0) is 48.2 Å². The summed E-state index contributed by atoms with van der Waals surface area (Å²) in [5.74, 6) is -0.369. The highest BCUT2D eigenvalue weighted by Gasteiger charge is 2.23. The number of halogens is 1. The molecule has 2 aromatic heterocycles. The third kappa shape index (κ3) is 3.18. The Hall–Kier alpha value is -3.48. The highest BCUT2D eigenvalue weighted by Crippen LogP contribution is 2.44. The van der Waals surface area contributed by atoms with Gasteiger partial charge in [0.15, 0.2) is 5.75 Å². The van der Waals surface area contributed by atoms with Crippen LogP contribution in [0.1, 0.15) is 29.7 Å². The van der Waals surface area contributed by atoms with Crippen LogP contribution in [-0.4, -0.2) is 26.8 Å². The van der Waals surface area contributed by atoms with Gasteiger partial charge >= 0.3 is 0 Å². The maximum atomic E-state index is 13.2. The number of benzene rings is 2. The summed E-state index contributed by atoms with van der Waals surface area (Å²) in [5.41, 5.74) is 3.11. The van der Waals surface area contributed by atoms with E-state index in [1.807, 2.05) is 13.0 Å². The summed E-state index contributed by atoms with van der Waals surface area (Å²) in [7, 11) is 3.32. The van der Waals surface area contributed by atoms with Gasteiger partial charge in [-0.15, -0.1) is 0 Å². The Balaban J connectivity index is 1.97. The van der Waals surface area contributed by atoms with Crippen LogP contribution < -0.4 is 0 Å². The Labute approximate surface area is 167 Å². The van der Waals surface area contributed by atoms with E-state index in [1.165, 1.54) is 12.1 Å². The molecule has 148 valence electrons. The standard InChI is InChI=1S/C22H21FN4O2/c1-12(26-24-2)18-16-9-14(8-13-4-6-15(23)7-5-13)10-25-20(16)21(28)19-17(18)11-27(3)22(19)29/h4-7,9-12,28-29H,8H2,1-3H3. The van der Waals surface area contributed by atoms with E-state index >= 15 is 0 Å². The maximum absolute atomic E-state index is 13.2. The van der Waals surface area contributed by atoms with Crippen molar-refractivity contribution in [2.24, 2.45) is 17.3 Å². The second kappa shape index (κ2) is 7.16. The van der Waals surface area contributed by atoms with Crippen molar-refractivity contribution in [1.82, 2.24) is 9.55 Å². The maximum Gasteiger partial charge on any atom is 0.202 e. The van der Waals surface area contributed by atoms with Gasteiger partial charge in [0.25, 0.3) is 0 Å². The average molecular weight is 392 g/mol. The number of hydrogen-bond donors (Lipinski definition) is 2. The number of nitrogens with zero attached hydrogens (tertiary/aromatic N) is 4. The first-order chi connectivity index (χ1) is 13.9. The number of fused-ring (bicyclic) bond motifs is 2. The molecule has 4 aromatic rings. The van der Waals surface area contributed by atoms with Crippen LogP contribution in [-0.2, 0) is 13.5 Å². The molecule has 0 aliphatic heterocycles. The first kappa shape index (κ1) is 18.9. The van der Waals surface area contributed by atoms with E-state index in [9.17, 15) is 14.6 Å². The van der Waals surface area contributed by atoms with Crippen LogP contribution in [0.4, 0.5) is 4.39 Å². The lowest BCUT2D eigenvalue weighted by Gasteiger charge is -2.14. The van der Waals surface area contributed by atoms with Crippen LogP contribution in [0.5, 0.6) is 11.6 Å². The number of rotatable bonds is 4. The zero-order valence-corrected chi connectivity index (χ0v) is 16.4. The summed E-state index contributed by atoms with van der Waals surface area (Å²) in [5, 5.41) is 31.2. The molecule has 1 unspecified atom stereocenters. The van der Waals surface area contributed by atoms with Crippen LogP contribution >= 0.6 is 0 Å². The summed E-state index contributed by atoms with van der Waals surface area (Å²) in [6.45, 7) is 1.91. The molecule has 2 aromatic carbocycles. The minimum Gasteiger partial charge on any atom is -0.505 e. The molecule has 6 nitrogen and oxygen atoms in total. The molecule has 29 heavy (non-hydrogen) atoms. The monoisotopic (exact) mass is 392 g/mol. The molecule has 0 saturated heterocycles. The fourth-order valence-electron chi connectivity index (χ4n) is 3.84. The summed E-state index contributed by atoms with van der Waals surface area (Å²) in [6.07, 6.45) is 4.03. The number of phenolic OH excluding ortho intramolecular Hbond substituents is 1. The number of phenols is 1. The first-order valence-electron chi connectivity index (χ1n) is 9.25. The molecule has 7 heteroatoms. The second-order valence-electron chi connectivity index (χ2n) is 7.15. The molecule has 4 rings (SSSR count). The molecular formula is C22H21FN4O2. The van der Waals surface area contributed by atoms with E-state index in [0.29, 0.717) is 22.7 Å². The normalized spacial score (nSPS) is 13.0. The van der Waals surface area contributed by atoms with Crippen molar-refractivity contribution in [3.8, 4) is 11.6 Å². The Kier molecular flexibility index (Phi) is 4.66. The van der Waals surface area contributed by atoms with Crippen LogP contribution in [0.15, 0.2) is 53.0 Å². The number of aryl methyl sites for hydroxylation is 1. The molecule has 0 aliphatic carbocycles. The number of aromatic nitrogens is 2. The average Bonchev–Trinajstić information content (AvgIpc) is 2.98. The minimum atomic E-state index is -0.296. The minimum absolute atomic E-state index is 0.0292. The lowest BCUT2D eigenvalue weighted by atomic mass is 9.95. The molecule has 2 N–H and O–H groups in total. The predicted molar refractivity (Wildman–Crippen MR) is 110 cm³/mol. The van der Waals surface area contributed by atoms with Crippen LogP contribution in [0.2, 0.25) is 0 Å². The predicted octanol–water partition coefficient (Wildman–Crippen LogP) is 5.01. The molecule has 0 fully saturated rings. The zero-order chi connectivity index (χ0) is 20.7. The topological polar surface area (TPSA) is 83.0 Å². The largest absolute Gasteiger partial charge is 0.505 e. The Morgan fingerprint density at radius 2 is 1.86 bits per heavy atom. The molecule has 0 saturated carbocycles. The van der Waals surface area contributed by atoms with Gasteiger partial charge in [-0.3, -0.25) is 4.98 Å². The fraction of sp³-hybridized carbons (Fsp3) is 0.227. The molecule has 0 aliphatic rings. The van der Waals surface area contributed by atoms with Gasteiger partial charge in [-0.1, -0.05) is 12.1 Å². The lowest BCUT2D eigenvalue weighted by molar-refractivity contribution is 0.432. The first-order valence-corrected chi connectivity index (χ1v) is 9.25. The summed E-state index contributed by atoms with van der Waals surface area (Å²) in [6, 6.07) is 8.01. The van der Waals surface area contributed by atoms with Gasteiger partial charge in [-0.2, -0.15) is 10.2 Å². The van der Waals surface area contributed by atoms with Crippen molar-refractivity contribution < 1.29 is 14.6 Å². The summed E-state index contributed by atoms with van der Waals surface area (Å²) >= 11 is 0. The molecule has 0 bridgehead atoms. The van der Waals surface area contributed by atoms with Crippen molar-refractivity contribution in [3.05, 3.63) is 65.2 Å². The van der Waals surface area contributed by atoms with E-state index in [2.05, 4.69) is 15.2 Å². The van der Waals surface area contributed by atoms with Gasteiger partial charge in [0.05, 0.1) is 11.4 Å². The Bertz CT molecular complexity index is 1250. The van der Waals surface area contributed by atoms with Crippen LogP contribution in [0, 0.1) is 5.82 Å². The molecule has 2 heterocycles. The highest BCUT2D eigenvalue weighted by atomic mass is 19.1.